The summed E-state index contributed by atoms with van der Waals surface area (Å²) in [5, 5.41) is 0.757. The molecule has 0 saturated carbocycles. The van der Waals surface area contributed by atoms with Gasteiger partial charge in [0.2, 0.25) is 0 Å². The van der Waals surface area contributed by atoms with Crippen LogP contribution in [0.2, 0.25) is 0 Å². The number of ketones is 1. The fraction of sp³-hybridized carbons (Fsp3) is 0.400. The molecule has 0 aliphatic carbocycles. The van der Waals surface area contributed by atoms with Gasteiger partial charge in [0.15, 0.2) is 5.78 Å². The lowest BCUT2D eigenvalue weighted by Gasteiger charge is -1.72. The fourth-order valence-corrected chi connectivity index (χ4v) is 0.397. The van der Waals surface area contributed by atoms with Gasteiger partial charge in [0, 0.05) is 5.33 Å². The Morgan fingerprint density at radius 3 is 2.57 bits per heavy atom. The summed E-state index contributed by atoms with van der Waals surface area (Å²) in [6.07, 6.45) is 3.30. The maximum atomic E-state index is 10.1. The maximum Gasteiger partial charge on any atom is 0.152 e. The predicted octanol–water partition coefficient (Wildman–Crippen LogP) is 1.53. The molecule has 0 aromatic carbocycles. The van der Waals surface area contributed by atoms with Gasteiger partial charge in [-0.25, -0.2) is 0 Å². The minimum Gasteiger partial charge on any atom is -0.295 e. The maximum absolute atomic E-state index is 10.1. The monoisotopic (exact) mass is 162 g/mol. The second-order valence-corrected chi connectivity index (χ2v) is 1.81. The van der Waals surface area contributed by atoms with E-state index in [4.69, 9.17) is 0 Å². The van der Waals surface area contributed by atoms with E-state index in [1.807, 2.05) is 0 Å². The van der Waals surface area contributed by atoms with E-state index < -0.39 is 0 Å². The van der Waals surface area contributed by atoms with Gasteiger partial charge in [0.25, 0.3) is 0 Å². The van der Waals surface area contributed by atoms with Gasteiger partial charge in [-0.3, -0.25) is 4.79 Å². The molecule has 2 heteroatoms. The van der Waals surface area contributed by atoms with Crippen LogP contribution in [-0.4, -0.2) is 11.1 Å². The van der Waals surface area contributed by atoms with Crippen molar-refractivity contribution in [2.45, 2.75) is 6.92 Å². The highest BCUT2D eigenvalue weighted by molar-refractivity contribution is 9.09. The molecule has 0 aromatic heterocycles. The molecule has 0 N–H and O–H groups in total. The van der Waals surface area contributed by atoms with Crippen molar-refractivity contribution in [2.75, 3.05) is 5.33 Å². The molecule has 0 spiro atoms. The van der Waals surface area contributed by atoms with Crippen LogP contribution in [0.3, 0.4) is 0 Å². The van der Waals surface area contributed by atoms with Crippen LogP contribution in [0.15, 0.2) is 12.2 Å². The summed E-state index contributed by atoms with van der Waals surface area (Å²) < 4.78 is 0. The zero-order valence-electron chi connectivity index (χ0n) is 4.15. The molecule has 0 aromatic rings. The molecule has 0 rings (SSSR count). The molecule has 0 amide bonds. The summed E-state index contributed by atoms with van der Waals surface area (Å²) in [6.45, 7) is 1.53. The summed E-state index contributed by atoms with van der Waals surface area (Å²) in [5.74, 6) is 0.0967. The van der Waals surface area contributed by atoms with Crippen molar-refractivity contribution in [3.63, 3.8) is 0 Å². The number of hydrogen-bond acceptors (Lipinski definition) is 1. The smallest absolute Gasteiger partial charge is 0.152 e. The Morgan fingerprint density at radius 2 is 2.43 bits per heavy atom. The summed E-state index contributed by atoms with van der Waals surface area (Å²) in [6, 6.07) is 0. The molecule has 0 radical (unpaired) electrons. The zero-order valence-corrected chi connectivity index (χ0v) is 5.73. The normalized spacial score (nSPS) is 10.0. The van der Waals surface area contributed by atoms with Gasteiger partial charge >= 0.3 is 0 Å². The van der Waals surface area contributed by atoms with Crippen LogP contribution in [0.4, 0.5) is 0 Å². The Hall–Kier alpha value is -0.110. The molecule has 0 aliphatic rings. The molecule has 40 valence electrons. The van der Waals surface area contributed by atoms with Crippen molar-refractivity contribution in [1.29, 1.82) is 0 Å². The lowest BCUT2D eigenvalue weighted by Crippen LogP contribution is -1.78. The van der Waals surface area contributed by atoms with Crippen molar-refractivity contribution in [3.05, 3.63) is 12.2 Å². The van der Waals surface area contributed by atoms with Gasteiger partial charge in [0.1, 0.15) is 0 Å². The molecule has 0 aliphatic heterocycles. The molecule has 0 unspecified atom stereocenters. The largest absolute Gasteiger partial charge is 0.295 e. The molecule has 1 nitrogen and oxygen atoms in total. The molecular weight excluding hydrogens is 156 g/mol. The molecule has 0 fully saturated rings. The van der Waals surface area contributed by atoms with E-state index in [0.29, 0.717) is 0 Å². The average molecular weight is 163 g/mol. The molecule has 0 saturated heterocycles. The number of carbonyl (C=O) groups is 1. The van der Waals surface area contributed by atoms with Crippen LogP contribution in [-0.2, 0) is 4.79 Å². The second-order valence-electron chi connectivity index (χ2n) is 1.17. The third kappa shape index (κ3) is 5.89. The number of carbonyl (C=O) groups excluding carboxylic acids is 1. The average Bonchev–Trinajstić information content (AvgIpc) is 1.61. The molecule has 0 heterocycles. The van der Waals surface area contributed by atoms with Crippen LogP contribution >= 0.6 is 15.9 Å². The lowest BCUT2D eigenvalue weighted by molar-refractivity contribution is -0.112. The highest BCUT2D eigenvalue weighted by Crippen LogP contribution is 1.81. The second kappa shape index (κ2) is 4.06. The van der Waals surface area contributed by atoms with Crippen molar-refractivity contribution < 1.29 is 4.79 Å². The number of hydrogen-bond donors (Lipinski definition) is 0. The third-order valence-electron chi connectivity index (χ3n) is 0.442. The Morgan fingerprint density at radius 1 is 1.86 bits per heavy atom. The lowest BCUT2D eigenvalue weighted by atomic mass is 10.4. The van der Waals surface area contributed by atoms with E-state index in [1.54, 1.807) is 6.08 Å². The Balaban J connectivity index is 3.26. The van der Waals surface area contributed by atoms with Gasteiger partial charge < -0.3 is 0 Å². The van der Waals surface area contributed by atoms with Crippen molar-refractivity contribution in [1.82, 2.24) is 0 Å². The summed E-state index contributed by atoms with van der Waals surface area (Å²) in [4.78, 5) is 10.1. The first kappa shape index (κ1) is 6.89. The number of halogens is 1. The molecular formula is C5H7BrO. The van der Waals surface area contributed by atoms with Crippen molar-refractivity contribution in [3.8, 4) is 0 Å². The number of alkyl halides is 1. The van der Waals surface area contributed by atoms with E-state index >= 15 is 0 Å². The van der Waals surface area contributed by atoms with Crippen molar-refractivity contribution >= 4 is 21.7 Å². The van der Waals surface area contributed by atoms with E-state index in [2.05, 4.69) is 15.9 Å². The van der Waals surface area contributed by atoms with Crippen LogP contribution in [0.25, 0.3) is 0 Å². The minimum absolute atomic E-state index is 0.0967. The standard InChI is InChI=1S/C5H7BrO/c1-5(7)3-2-4-6/h2-3H,4H2,1H3/b3-2+. The predicted molar refractivity (Wildman–Crippen MR) is 33.6 cm³/mol. The van der Waals surface area contributed by atoms with Gasteiger partial charge in [-0.05, 0) is 13.0 Å². The Kier molecular flexibility index (Phi) is 4.00. The van der Waals surface area contributed by atoms with Gasteiger partial charge in [-0.15, -0.1) is 0 Å². The summed E-state index contributed by atoms with van der Waals surface area (Å²) in [5.41, 5.74) is 0. The van der Waals surface area contributed by atoms with Gasteiger partial charge in [-0.2, -0.15) is 0 Å². The fourth-order valence-electron chi connectivity index (χ4n) is 0.211. The van der Waals surface area contributed by atoms with E-state index in [9.17, 15) is 4.79 Å². The highest BCUT2D eigenvalue weighted by Gasteiger charge is 1.76. The van der Waals surface area contributed by atoms with Gasteiger partial charge in [-0.1, -0.05) is 22.0 Å². The highest BCUT2D eigenvalue weighted by atomic mass is 79.9. The molecule has 0 atom stereocenters. The quantitative estimate of drug-likeness (QED) is 0.445. The molecule has 7 heavy (non-hydrogen) atoms. The Bertz CT molecular complexity index is 86.1. The first-order valence-corrected chi connectivity index (χ1v) is 3.12. The van der Waals surface area contributed by atoms with Crippen LogP contribution < -0.4 is 0 Å². The zero-order chi connectivity index (χ0) is 5.70. The molecule has 0 bridgehead atoms. The first-order chi connectivity index (χ1) is 3.27. The number of rotatable bonds is 2. The van der Waals surface area contributed by atoms with Crippen LogP contribution in [0.1, 0.15) is 6.92 Å². The topological polar surface area (TPSA) is 17.1 Å². The minimum atomic E-state index is 0.0967. The van der Waals surface area contributed by atoms with Gasteiger partial charge in [0.05, 0.1) is 0 Å². The SMILES string of the molecule is CC(=O)/C=C/CBr. The van der Waals surface area contributed by atoms with E-state index in [-0.39, 0.29) is 5.78 Å². The van der Waals surface area contributed by atoms with E-state index in [0.717, 1.165) is 5.33 Å². The number of allylic oxidation sites excluding steroid dienone is 2. The van der Waals surface area contributed by atoms with Crippen molar-refractivity contribution in [2.24, 2.45) is 0 Å². The summed E-state index contributed by atoms with van der Waals surface area (Å²) in [7, 11) is 0. The Labute approximate surface area is 51.5 Å². The van der Waals surface area contributed by atoms with Crippen LogP contribution in [0.5, 0.6) is 0 Å². The van der Waals surface area contributed by atoms with E-state index in [1.165, 1.54) is 13.0 Å². The van der Waals surface area contributed by atoms with Crippen LogP contribution in [0, 0.1) is 0 Å². The first-order valence-electron chi connectivity index (χ1n) is 2.00. The third-order valence-corrected chi connectivity index (χ3v) is 0.815. The summed E-state index contributed by atoms with van der Waals surface area (Å²) >= 11 is 3.14.